The molecule has 19 heavy (non-hydrogen) atoms. The van der Waals surface area contributed by atoms with Crippen LogP contribution < -0.4 is 11.1 Å². The van der Waals surface area contributed by atoms with Crippen LogP contribution in [-0.4, -0.2) is 38.1 Å². The van der Waals surface area contributed by atoms with Crippen molar-refractivity contribution in [2.45, 2.75) is 18.9 Å². The van der Waals surface area contributed by atoms with Crippen LogP contribution >= 0.6 is 0 Å². The van der Waals surface area contributed by atoms with Gasteiger partial charge in [-0.25, -0.2) is 17.1 Å². The number of piperidine rings is 1. The van der Waals surface area contributed by atoms with Gasteiger partial charge in [-0.3, -0.25) is 0 Å². The highest BCUT2D eigenvalue weighted by atomic mass is 32.2. The van der Waals surface area contributed by atoms with Gasteiger partial charge in [0.05, 0.1) is 17.6 Å². The number of anilines is 2. The lowest BCUT2D eigenvalue weighted by Gasteiger charge is -2.31. The van der Waals surface area contributed by atoms with Crippen LogP contribution in [0.25, 0.3) is 0 Å². The SMILES string of the molecule is CS(=O)(=O)N1CCC(Nc2cc(F)ccc2N)CC1. The number of hydrogen-bond acceptors (Lipinski definition) is 4. The van der Waals surface area contributed by atoms with E-state index in [0.29, 0.717) is 37.3 Å². The van der Waals surface area contributed by atoms with E-state index in [1.165, 1.54) is 28.8 Å². The molecule has 0 saturated carbocycles. The summed E-state index contributed by atoms with van der Waals surface area (Å²) in [6, 6.07) is 4.30. The Morgan fingerprint density at radius 2 is 2.00 bits per heavy atom. The Balaban J connectivity index is 1.98. The Bertz CT molecular complexity index is 554. The first-order valence-electron chi connectivity index (χ1n) is 6.13. The number of benzene rings is 1. The third-order valence-electron chi connectivity index (χ3n) is 3.30. The van der Waals surface area contributed by atoms with Gasteiger partial charge in [-0.2, -0.15) is 0 Å². The topological polar surface area (TPSA) is 75.4 Å². The maximum absolute atomic E-state index is 13.1. The number of nitrogens with one attached hydrogen (secondary N) is 1. The molecule has 1 aromatic rings. The minimum atomic E-state index is -3.12. The first kappa shape index (κ1) is 14.1. The standard InChI is InChI=1S/C12H18FN3O2S/c1-19(17,18)16-6-4-10(5-7-16)15-12-8-9(13)2-3-11(12)14/h2-3,8,10,15H,4-7,14H2,1H3. The number of nitrogen functional groups attached to an aromatic ring is 1. The zero-order chi connectivity index (χ0) is 14.0. The fourth-order valence-corrected chi connectivity index (χ4v) is 3.08. The van der Waals surface area contributed by atoms with Crippen molar-refractivity contribution in [3.05, 3.63) is 24.0 Å². The molecule has 0 spiro atoms. The minimum absolute atomic E-state index is 0.113. The van der Waals surface area contributed by atoms with Gasteiger partial charge < -0.3 is 11.1 Å². The average Bonchev–Trinajstić information content (AvgIpc) is 2.33. The van der Waals surface area contributed by atoms with Crippen LogP contribution in [0.3, 0.4) is 0 Å². The molecule has 7 heteroatoms. The van der Waals surface area contributed by atoms with E-state index in [0.717, 1.165) is 0 Å². The Morgan fingerprint density at radius 3 is 2.58 bits per heavy atom. The van der Waals surface area contributed by atoms with Crippen molar-refractivity contribution in [1.29, 1.82) is 0 Å². The van der Waals surface area contributed by atoms with E-state index in [1.807, 2.05) is 0 Å². The number of rotatable bonds is 3. The first-order chi connectivity index (χ1) is 8.86. The van der Waals surface area contributed by atoms with Gasteiger partial charge in [0.2, 0.25) is 10.0 Å². The molecule has 1 aromatic carbocycles. The average molecular weight is 287 g/mol. The summed E-state index contributed by atoms with van der Waals surface area (Å²) in [5.41, 5.74) is 6.83. The van der Waals surface area contributed by atoms with Gasteiger partial charge in [-0.15, -0.1) is 0 Å². The summed E-state index contributed by atoms with van der Waals surface area (Å²) in [6.07, 6.45) is 2.58. The highest BCUT2D eigenvalue weighted by molar-refractivity contribution is 7.88. The fraction of sp³-hybridized carbons (Fsp3) is 0.500. The van der Waals surface area contributed by atoms with Crippen molar-refractivity contribution in [2.24, 2.45) is 0 Å². The summed E-state index contributed by atoms with van der Waals surface area (Å²) in [4.78, 5) is 0. The predicted octanol–water partition coefficient (Wildman–Crippen LogP) is 1.24. The van der Waals surface area contributed by atoms with Crippen molar-refractivity contribution in [3.8, 4) is 0 Å². The smallest absolute Gasteiger partial charge is 0.211 e. The van der Waals surface area contributed by atoms with E-state index in [2.05, 4.69) is 5.32 Å². The van der Waals surface area contributed by atoms with Crippen molar-refractivity contribution in [2.75, 3.05) is 30.4 Å². The van der Waals surface area contributed by atoms with Crippen LogP contribution in [0, 0.1) is 5.82 Å². The monoisotopic (exact) mass is 287 g/mol. The summed E-state index contributed by atoms with van der Waals surface area (Å²) in [6.45, 7) is 0.956. The molecule has 1 fully saturated rings. The molecule has 1 aliphatic heterocycles. The normalized spacial score (nSPS) is 18.4. The van der Waals surface area contributed by atoms with E-state index in [1.54, 1.807) is 0 Å². The molecule has 106 valence electrons. The Kier molecular flexibility index (Phi) is 3.96. The lowest BCUT2D eigenvalue weighted by Crippen LogP contribution is -2.41. The lowest BCUT2D eigenvalue weighted by atomic mass is 10.1. The summed E-state index contributed by atoms with van der Waals surface area (Å²) < 4.78 is 37.4. The van der Waals surface area contributed by atoms with Gasteiger partial charge in [-0.05, 0) is 31.0 Å². The zero-order valence-corrected chi connectivity index (χ0v) is 11.6. The van der Waals surface area contributed by atoms with Crippen LogP contribution in [0.15, 0.2) is 18.2 Å². The Morgan fingerprint density at radius 1 is 1.37 bits per heavy atom. The third-order valence-corrected chi connectivity index (χ3v) is 4.60. The van der Waals surface area contributed by atoms with Crippen LogP contribution in [0.4, 0.5) is 15.8 Å². The molecule has 0 atom stereocenters. The summed E-state index contributed by atoms with van der Waals surface area (Å²) in [7, 11) is -3.12. The van der Waals surface area contributed by atoms with Crippen LogP contribution in [0.5, 0.6) is 0 Å². The molecule has 2 rings (SSSR count). The van der Waals surface area contributed by atoms with E-state index in [-0.39, 0.29) is 11.9 Å². The van der Waals surface area contributed by atoms with E-state index < -0.39 is 10.0 Å². The molecule has 5 nitrogen and oxygen atoms in total. The second-order valence-electron chi connectivity index (χ2n) is 4.81. The van der Waals surface area contributed by atoms with E-state index in [9.17, 15) is 12.8 Å². The number of hydrogen-bond donors (Lipinski definition) is 2. The van der Waals surface area contributed by atoms with Gasteiger partial charge in [0, 0.05) is 19.1 Å². The quantitative estimate of drug-likeness (QED) is 0.820. The third kappa shape index (κ3) is 3.57. The maximum atomic E-state index is 13.1. The van der Waals surface area contributed by atoms with E-state index in [4.69, 9.17) is 5.73 Å². The van der Waals surface area contributed by atoms with Gasteiger partial charge in [0.15, 0.2) is 0 Å². The molecule has 1 aliphatic rings. The van der Waals surface area contributed by atoms with Crippen molar-refractivity contribution in [1.82, 2.24) is 4.31 Å². The Hall–Kier alpha value is -1.34. The highest BCUT2D eigenvalue weighted by Crippen LogP contribution is 2.23. The molecule has 1 saturated heterocycles. The van der Waals surface area contributed by atoms with Gasteiger partial charge in [0.1, 0.15) is 5.82 Å². The van der Waals surface area contributed by atoms with Crippen LogP contribution in [0.1, 0.15) is 12.8 Å². The molecule has 1 heterocycles. The fourth-order valence-electron chi connectivity index (χ4n) is 2.21. The van der Waals surface area contributed by atoms with Crippen molar-refractivity contribution < 1.29 is 12.8 Å². The lowest BCUT2D eigenvalue weighted by molar-refractivity contribution is 0.332. The van der Waals surface area contributed by atoms with Crippen LogP contribution in [-0.2, 0) is 10.0 Å². The molecular weight excluding hydrogens is 269 g/mol. The molecule has 0 aromatic heterocycles. The summed E-state index contributed by atoms with van der Waals surface area (Å²) in [5, 5.41) is 3.18. The maximum Gasteiger partial charge on any atom is 0.211 e. The Labute approximate surface area is 112 Å². The highest BCUT2D eigenvalue weighted by Gasteiger charge is 2.25. The molecule has 0 aliphatic carbocycles. The van der Waals surface area contributed by atoms with Crippen LogP contribution in [0.2, 0.25) is 0 Å². The molecule has 3 N–H and O–H groups in total. The first-order valence-corrected chi connectivity index (χ1v) is 7.98. The molecule has 0 bridgehead atoms. The van der Waals surface area contributed by atoms with E-state index >= 15 is 0 Å². The largest absolute Gasteiger partial charge is 0.397 e. The number of nitrogens with zero attached hydrogens (tertiary/aromatic N) is 1. The van der Waals surface area contributed by atoms with Gasteiger partial charge >= 0.3 is 0 Å². The minimum Gasteiger partial charge on any atom is -0.397 e. The molecule has 0 unspecified atom stereocenters. The summed E-state index contributed by atoms with van der Waals surface area (Å²) >= 11 is 0. The number of halogens is 1. The molecule has 0 amide bonds. The second kappa shape index (κ2) is 5.34. The second-order valence-corrected chi connectivity index (χ2v) is 6.79. The zero-order valence-electron chi connectivity index (χ0n) is 10.8. The summed E-state index contributed by atoms with van der Waals surface area (Å²) in [5.74, 6) is -0.342. The predicted molar refractivity (Wildman–Crippen MR) is 73.9 cm³/mol. The van der Waals surface area contributed by atoms with Crippen molar-refractivity contribution >= 4 is 21.4 Å². The number of sulfonamides is 1. The van der Waals surface area contributed by atoms with Gasteiger partial charge in [-0.1, -0.05) is 0 Å². The van der Waals surface area contributed by atoms with Crippen molar-refractivity contribution in [3.63, 3.8) is 0 Å². The molecule has 0 radical (unpaired) electrons. The molecular formula is C12H18FN3O2S. The number of nitrogens with two attached hydrogens (primary N) is 1. The van der Waals surface area contributed by atoms with Gasteiger partial charge in [0.25, 0.3) is 0 Å².